The number of ether oxygens (including phenoxy) is 2. The lowest BCUT2D eigenvalue weighted by atomic mass is 10.2. The second-order valence-electron chi connectivity index (χ2n) is 8.88. The quantitative estimate of drug-likeness (QED) is 0.254. The highest BCUT2D eigenvalue weighted by Gasteiger charge is 2.23. The van der Waals surface area contributed by atoms with Crippen molar-refractivity contribution >= 4 is 73.5 Å². The van der Waals surface area contributed by atoms with Crippen molar-refractivity contribution in [3.05, 3.63) is 57.6 Å². The van der Waals surface area contributed by atoms with Gasteiger partial charge in [-0.15, -0.1) is 11.3 Å². The maximum Gasteiger partial charge on any atom is 0.258 e. The Labute approximate surface area is 240 Å². The van der Waals surface area contributed by atoms with Gasteiger partial charge in [-0.05, 0) is 24.7 Å². The second-order valence-corrected chi connectivity index (χ2v) is 10.5. The Bertz CT molecular complexity index is 1480. The Kier molecular flexibility index (Phi) is 8.27. The van der Waals surface area contributed by atoms with Crippen molar-refractivity contribution in [2.75, 3.05) is 62.5 Å². The predicted octanol–water partition coefficient (Wildman–Crippen LogP) is 6.15. The fraction of sp³-hybridized carbons (Fsp3) is 0.296. The van der Waals surface area contributed by atoms with Gasteiger partial charge in [-0.1, -0.05) is 36.2 Å². The number of halogens is 2. The minimum Gasteiger partial charge on any atom is -0.495 e. The van der Waals surface area contributed by atoms with E-state index in [9.17, 15) is 4.79 Å². The Morgan fingerprint density at radius 3 is 2.44 bits per heavy atom. The van der Waals surface area contributed by atoms with Crippen molar-refractivity contribution < 1.29 is 14.3 Å². The molecule has 0 unspecified atom stereocenters. The SMILES string of the molecule is CCN1CCN(c2cccc(Nc3ncnc4c(C(=O)Nc5c(Cl)c(OC)cc(OC)c5Cl)csc34)c2)CC1. The van der Waals surface area contributed by atoms with E-state index in [1.54, 1.807) is 11.4 Å². The summed E-state index contributed by atoms with van der Waals surface area (Å²) in [4.78, 5) is 27.0. The Hall–Kier alpha value is -3.31. The number of anilines is 4. The van der Waals surface area contributed by atoms with Gasteiger partial charge in [-0.3, -0.25) is 4.79 Å². The number of thiophene rings is 1. The minimum absolute atomic E-state index is 0.171. The molecule has 2 aromatic carbocycles. The molecule has 0 bridgehead atoms. The molecule has 39 heavy (non-hydrogen) atoms. The summed E-state index contributed by atoms with van der Waals surface area (Å²) in [6.45, 7) is 7.37. The van der Waals surface area contributed by atoms with Crippen LogP contribution in [0.3, 0.4) is 0 Å². The van der Waals surface area contributed by atoms with E-state index in [0.29, 0.717) is 28.4 Å². The lowest BCUT2D eigenvalue weighted by Crippen LogP contribution is -2.46. The summed E-state index contributed by atoms with van der Waals surface area (Å²) in [5.74, 6) is 0.854. The number of aromatic nitrogens is 2. The molecule has 0 aliphatic carbocycles. The van der Waals surface area contributed by atoms with Crippen LogP contribution in [-0.2, 0) is 0 Å². The molecular formula is C27H28Cl2N6O3S. The van der Waals surface area contributed by atoms with Crippen LogP contribution in [0, 0.1) is 0 Å². The molecule has 1 saturated heterocycles. The molecule has 3 heterocycles. The van der Waals surface area contributed by atoms with Crippen LogP contribution in [0.1, 0.15) is 17.3 Å². The molecule has 1 fully saturated rings. The number of piperazine rings is 1. The van der Waals surface area contributed by atoms with Crippen LogP contribution >= 0.6 is 34.5 Å². The van der Waals surface area contributed by atoms with Crippen LogP contribution in [0.25, 0.3) is 10.2 Å². The summed E-state index contributed by atoms with van der Waals surface area (Å²) >= 11 is 14.3. The smallest absolute Gasteiger partial charge is 0.258 e. The molecule has 5 rings (SSSR count). The van der Waals surface area contributed by atoms with Gasteiger partial charge in [0, 0.05) is 49.0 Å². The first-order valence-electron chi connectivity index (χ1n) is 12.4. The zero-order valence-electron chi connectivity index (χ0n) is 21.8. The summed E-state index contributed by atoms with van der Waals surface area (Å²) < 4.78 is 11.4. The van der Waals surface area contributed by atoms with Crippen LogP contribution in [0.15, 0.2) is 42.0 Å². The number of likely N-dealkylation sites (N-methyl/N-ethyl adjacent to an activating group) is 1. The van der Waals surface area contributed by atoms with Gasteiger partial charge in [0.15, 0.2) is 5.82 Å². The number of nitrogens with one attached hydrogen (secondary N) is 2. The lowest BCUT2D eigenvalue weighted by molar-refractivity contribution is 0.102. The third-order valence-corrected chi connectivity index (χ3v) is 8.43. The molecule has 0 saturated carbocycles. The van der Waals surface area contributed by atoms with Crippen molar-refractivity contribution in [3.63, 3.8) is 0 Å². The van der Waals surface area contributed by atoms with Gasteiger partial charge < -0.3 is 29.9 Å². The Balaban J connectivity index is 1.39. The number of rotatable bonds is 8. The minimum atomic E-state index is -0.418. The molecule has 1 amide bonds. The van der Waals surface area contributed by atoms with Crippen molar-refractivity contribution in [3.8, 4) is 11.5 Å². The molecule has 0 spiro atoms. The Morgan fingerprint density at radius 1 is 1.05 bits per heavy atom. The lowest BCUT2D eigenvalue weighted by Gasteiger charge is -2.35. The molecule has 0 radical (unpaired) electrons. The zero-order valence-corrected chi connectivity index (χ0v) is 24.1. The number of carbonyl (C=O) groups is 1. The predicted molar refractivity (Wildman–Crippen MR) is 159 cm³/mol. The van der Waals surface area contributed by atoms with Crippen molar-refractivity contribution in [1.82, 2.24) is 14.9 Å². The summed E-state index contributed by atoms with van der Waals surface area (Å²) in [5, 5.41) is 8.29. The van der Waals surface area contributed by atoms with E-state index < -0.39 is 5.91 Å². The van der Waals surface area contributed by atoms with E-state index in [0.717, 1.165) is 48.8 Å². The van der Waals surface area contributed by atoms with Crippen LogP contribution in [0.4, 0.5) is 22.9 Å². The van der Waals surface area contributed by atoms with Crippen LogP contribution < -0.4 is 25.0 Å². The standard InChI is InChI=1S/C27H28Cl2N6O3S/c1-4-34-8-10-35(11-9-34)17-7-5-6-16(12-17)32-26-25-23(30-15-31-26)18(14-39-25)27(36)33-24-21(28)19(37-2)13-20(38-3)22(24)29/h5-7,12-15H,4,8-11H2,1-3H3,(H,33,36)(H,30,31,32). The van der Waals surface area contributed by atoms with E-state index in [1.165, 1.54) is 31.9 Å². The molecule has 2 aromatic heterocycles. The van der Waals surface area contributed by atoms with E-state index in [4.69, 9.17) is 32.7 Å². The summed E-state index contributed by atoms with van der Waals surface area (Å²) in [6.07, 6.45) is 1.44. The number of carbonyl (C=O) groups excluding carboxylic acids is 1. The number of hydrogen-bond acceptors (Lipinski definition) is 9. The molecule has 12 heteroatoms. The average Bonchev–Trinajstić information content (AvgIpc) is 3.41. The second kappa shape index (κ2) is 11.8. The Morgan fingerprint density at radius 2 is 1.77 bits per heavy atom. The summed E-state index contributed by atoms with van der Waals surface area (Å²) in [5.41, 5.74) is 3.16. The number of hydrogen-bond donors (Lipinski definition) is 2. The van der Waals surface area contributed by atoms with Gasteiger partial charge in [-0.2, -0.15) is 0 Å². The van der Waals surface area contributed by atoms with Crippen molar-refractivity contribution in [2.45, 2.75) is 6.92 Å². The van der Waals surface area contributed by atoms with Crippen LogP contribution in [0.5, 0.6) is 11.5 Å². The van der Waals surface area contributed by atoms with E-state index in [-0.39, 0.29) is 15.7 Å². The molecule has 4 aromatic rings. The molecule has 9 nitrogen and oxygen atoms in total. The first kappa shape index (κ1) is 27.3. The van der Waals surface area contributed by atoms with Gasteiger partial charge >= 0.3 is 0 Å². The van der Waals surface area contributed by atoms with Crippen LogP contribution in [0.2, 0.25) is 10.0 Å². The largest absolute Gasteiger partial charge is 0.495 e. The zero-order chi connectivity index (χ0) is 27.5. The van der Waals surface area contributed by atoms with Gasteiger partial charge in [-0.25, -0.2) is 9.97 Å². The topological polar surface area (TPSA) is 91.9 Å². The number of amides is 1. The fourth-order valence-corrected chi connectivity index (χ4v) is 6.06. The third-order valence-electron chi connectivity index (χ3n) is 6.70. The summed E-state index contributed by atoms with van der Waals surface area (Å²) in [7, 11) is 2.94. The maximum absolute atomic E-state index is 13.3. The third kappa shape index (κ3) is 5.56. The molecule has 1 aliphatic rings. The number of fused-ring (bicyclic) bond motifs is 1. The summed E-state index contributed by atoms with van der Waals surface area (Å²) in [6, 6.07) is 9.84. The van der Waals surface area contributed by atoms with Crippen molar-refractivity contribution in [2.24, 2.45) is 0 Å². The van der Waals surface area contributed by atoms with E-state index >= 15 is 0 Å². The number of benzene rings is 2. The highest BCUT2D eigenvalue weighted by Crippen LogP contribution is 2.44. The monoisotopic (exact) mass is 586 g/mol. The van der Waals surface area contributed by atoms with Gasteiger partial charge in [0.2, 0.25) is 0 Å². The molecule has 2 N–H and O–H groups in total. The number of nitrogens with zero attached hydrogens (tertiary/aromatic N) is 4. The maximum atomic E-state index is 13.3. The first-order valence-corrected chi connectivity index (χ1v) is 14.0. The number of methoxy groups -OCH3 is 2. The van der Waals surface area contributed by atoms with Gasteiger partial charge in [0.05, 0.1) is 35.7 Å². The molecule has 0 atom stereocenters. The molecule has 204 valence electrons. The van der Waals surface area contributed by atoms with E-state index in [1.807, 2.05) is 12.1 Å². The highest BCUT2D eigenvalue weighted by atomic mass is 35.5. The highest BCUT2D eigenvalue weighted by molar-refractivity contribution is 7.18. The molecule has 1 aliphatic heterocycles. The van der Waals surface area contributed by atoms with Gasteiger partial charge in [0.25, 0.3) is 5.91 Å². The molecular weight excluding hydrogens is 559 g/mol. The normalized spacial score (nSPS) is 13.9. The van der Waals surface area contributed by atoms with Crippen LogP contribution in [-0.4, -0.2) is 67.7 Å². The first-order chi connectivity index (χ1) is 18.9. The average molecular weight is 588 g/mol. The fourth-order valence-electron chi connectivity index (χ4n) is 4.52. The van der Waals surface area contributed by atoms with Gasteiger partial charge in [0.1, 0.15) is 27.9 Å². The van der Waals surface area contributed by atoms with Crippen molar-refractivity contribution in [1.29, 1.82) is 0 Å². The van der Waals surface area contributed by atoms with E-state index in [2.05, 4.69) is 49.5 Å².